The van der Waals surface area contributed by atoms with Gasteiger partial charge in [0.2, 0.25) is 0 Å². The number of benzene rings is 2. The summed E-state index contributed by atoms with van der Waals surface area (Å²) in [6.45, 7) is 6.93. The quantitative estimate of drug-likeness (QED) is 0.697. The molecule has 2 N–H and O–H groups in total. The van der Waals surface area contributed by atoms with Crippen molar-refractivity contribution in [2.45, 2.75) is 20.0 Å². The van der Waals surface area contributed by atoms with E-state index in [0.717, 1.165) is 13.1 Å². The zero-order chi connectivity index (χ0) is 22.4. The van der Waals surface area contributed by atoms with Crippen LogP contribution in [0.4, 0.5) is 5.69 Å². The summed E-state index contributed by atoms with van der Waals surface area (Å²) in [5.74, 6) is 0.311. The van der Waals surface area contributed by atoms with Gasteiger partial charge in [0.05, 0.1) is 17.4 Å². The molecule has 0 bridgehead atoms. The molecule has 3 rings (SSSR count). The fourth-order valence-electron chi connectivity index (χ4n) is 3.24. The summed E-state index contributed by atoms with van der Waals surface area (Å²) >= 11 is 5.31. The summed E-state index contributed by atoms with van der Waals surface area (Å²) < 4.78 is 5.59. The molecule has 2 aromatic rings. The van der Waals surface area contributed by atoms with Crippen LogP contribution in [0.25, 0.3) is 0 Å². The largest absolute Gasteiger partial charge is 0.491 e. The number of ether oxygens (including phenoxy) is 1. The molecule has 1 saturated heterocycles. The fourth-order valence-corrected chi connectivity index (χ4v) is 3.45. The number of carbonyl (C=O) groups excluding carboxylic acids is 2. The standard InChI is InChI=1S/C23H28N4O3S/c1-16(2)30-18-10-8-17(9-11-18)21(28)25-23(31)24-20-7-5-4-6-19(20)22(29)27-14-12-26(3)13-15-27/h4-11,16H,12-15H2,1-3H3,(H2,24,25,28,31). The van der Waals surface area contributed by atoms with Gasteiger partial charge in [0, 0.05) is 31.7 Å². The van der Waals surface area contributed by atoms with Crippen LogP contribution in [0.2, 0.25) is 0 Å². The second-order valence-corrected chi connectivity index (χ2v) is 8.15. The summed E-state index contributed by atoms with van der Waals surface area (Å²) in [5, 5.41) is 5.79. The van der Waals surface area contributed by atoms with E-state index in [2.05, 4.69) is 15.5 Å². The molecule has 2 aromatic carbocycles. The van der Waals surface area contributed by atoms with Gasteiger partial charge in [0.1, 0.15) is 5.75 Å². The first kappa shape index (κ1) is 22.7. The highest BCUT2D eigenvalue weighted by molar-refractivity contribution is 7.80. The lowest BCUT2D eigenvalue weighted by molar-refractivity contribution is 0.0665. The maximum absolute atomic E-state index is 13.0. The van der Waals surface area contributed by atoms with Crippen molar-refractivity contribution in [3.05, 3.63) is 59.7 Å². The Kier molecular flexibility index (Phi) is 7.59. The molecule has 31 heavy (non-hydrogen) atoms. The predicted molar refractivity (Wildman–Crippen MR) is 126 cm³/mol. The van der Waals surface area contributed by atoms with Crippen LogP contribution in [-0.2, 0) is 0 Å². The highest BCUT2D eigenvalue weighted by Crippen LogP contribution is 2.19. The van der Waals surface area contributed by atoms with E-state index in [1.807, 2.05) is 37.9 Å². The number of likely N-dealkylation sites (N-methyl/N-ethyl adjacent to an activating group) is 1. The number of anilines is 1. The van der Waals surface area contributed by atoms with E-state index in [1.165, 1.54) is 0 Å². The van der Waals surface area contributed by atoms with E-state index in [9.17, 15) is 9.59 Å². The van der Waals surface area contributed by atoms with Crippen LogP contribution < -0.4 is 15.4 Å². The number of rotatable bonds is 5. The fraction of sp³-hybridized carbons (Fsp3) is 0.348. The van der Waals surface area contributed by atoms with Crippen LogP contribution in [0, 0.1) is 0 Å². The highest BCUT2D eigenvalue weighted by atomic mass is 32.1. The second kappa shape index (κ2) is 10.4. The smallest absolute Gasteiger partial charge is 0.257 e. The third-order valence-corrected chi connectivity index (χ3v) is 5.12. The molecule has 0 aromatic heterocycles. The maximum atomic E-state index is 13.0. The van der Waals surface area contributed by atoms with E-state index < -0.39 is 0 Å². The molecule has 7 nitrogen and oxygen atoms in total. The van der Waals surface area contributed by atoms with E-state index in [4.69, 9.17) is 17.0 Å². The molecular formula is C23H28N4O3S. The van der Waals surface area contributed by atoms with Crippen molar-refractivity contribution in [2.75, 3.05) is 38.5 Å². The molecular weight excluding hydrogens is 412 g/mol. The predicted octanol–water partition coefficient (Wildman–Crippen LogP) is 2.99. The topological polar surface area (TPSA) is 73.9 Å². The monoisotopic (exact) mass is 440 g/mol. The maximum Gasteiger partial charge on any atom is 0.257 e. The van der Waals surface area contributed by atoms with Gasteiger partial charge in [-0.3, -0.25) is 14.9 Å². The van der Waals surface area contributed by atoms with Crippen LogP contribution in [0.1, 0.15) is 34.6 Å². The van der Waals surface area contributed by atoms with Crippen LogP contribution in [0.5, 0.6) is 5.75 Å². The lowest BCUT2D eigenvalue weighted by Gasteiger charge is -2.32. The summed E-state index contributed by atoms with van der Waals surface area (Å²) in [6.07, 6.45) is 0.0603. The Hall–Kier alpha value is -2.97. The van der Waals surface area contributed by atoms with E-state index >= 15 is 0 Å². The third kappa shape index (κ3) is 6.26. The Morgan fingerprint density at radius 2 is 1.65 bits per heavy atom. The molecule has 0 atom stereocenters. The molecule has 1 aliphatic rings. The molecule has 1 heterocycles. The van der Waals surface area contributed by atoms with Gasteiger partial charge in [0.25, 0.3) is 11.8 Å². The summed E-state index contributed by atoms with van der Waals surface area (Å²) in [4.78, 5) is 29.5. The van der Waals surface area contributed by atoms with E-state index in [-0.39, 0.29) is 23.0 Å². The molecule has 0 unspecified atom stereocenters. The van der Waals surface area contributed by atoms with E-state index in [1.54, 1.807) is 36.4 Å². The molecule has 0 aliphatic carbocycles. The number of piperazine rings is 1. The van der Waals surface area contributed by atoms with Crippen molar-refractivity contribution >= 4 is 34.8 Å². The Morgan fingerprint density at radius 3 is 2.29 bits per heavy atom. The van der Waals surface area contributed by atoms with Gasteiger partial charge in [-0.05, 0) is 69.5 Å². The van der Waals surface area contributed by atoms with Crippen molar-refractivity contribution in [3.63, 3.8) is 0 Å². The summed E-state index contributed by atoms with van der Waals surface area (Å²) in [6, 6.07) is 14.0. The lowest BCUT2D eigenvalue weighted by Crippen LogP contribution is -2.47. The Morgan fingerprint density at radius 1 is 1.00 bits per heavy atom. The van der Waals surface area contributed by atoms with Crippen molar-refractivity contribution in [1.82, 2.24) is 15.1 Å². The Bertz CT molecular complexity index is 938. The number of thiocarbonyl (C=S) groups is 1. The average molecular weight is 441 g/mol. The number of hydrogen-bond acceptors (Lipinski definition) is 5. The minimum Gasteiger partial charge on any atom is -0.491 e. The van der Waals surface area contributed by atoms with Crippen molar-refractivity contribution in [3.8, 4) is 5.75 Å². The Balaban J connectivity index is 1.63. The lowest BCUT2D eigenvalue weighted by atomic mass is 10.1. The average Bonchev–Trinajstić information content (AvgIpc) is 2.74. The zero-order valence-corrected chi connectivity index (χ0v) is 18.9. The molecule has 2 amide bonds. The van der Waals surface area contributed by atoms with Gasteiger partial charge in [-0.2, -0.15) is 0 Å². The summed E-state index contributed by atoms with van der Waals surface area (Å²) in [7, 11) is 2.04. The first-order valence-electron chi connectivity index (χ1n) is 10.3. The van der Waals surface area contributed by atoms with Crippen LogP contribution in [0.3, 0.4) is 0 Å². The number of carbonyl (C=O) groups is 2. The van der Waals surface area contributed by atoms with Gasteiger partial charge < -0.3 is 19.9 Å². The Labute approximate surface area is 188 Å². The van der Waals surface area contributed by atoms with Gasteiger partial charge in [0.15, 0.2) is 5.11 Å². The molecule has 8 heteroatoms. The number of amides is 2. The van der Waals surface area contributed by atoms with Crippen LogP contribution in [-0.4, -0.2) is 66.1 Å². The zero-order valence-electron chi connectivity index (χ0n) is 18.1. The molecule has 0 radical (unpaired) electrons. The van der Waals surface area contributed by atoms with Crippen molar-refractivity contribution in [1.29, 1.82) is 0 Å². The summed E-state index contributed by atoms with van der Waals surface area (Å²) in [5.41, 5.74) is 1.55. The minimum atomic E-state index is -0.337. The molecule has 1 fully saturated rings. The molecule has 164 valence electrons. The van der Waals surface area contributed by atoms with Gasteiger partial charge in [-0.25, -0.2) is 0 Å². The van der Waals surface area contributed by atoms with Gasteiger partial charge >= 0.3 is 0 Å². The number of hydrogen-bond donors (Lipinski definition) is 2. The first-order chi connectivity index (χ1) is 14.8. The molecule has 0 spiro atoms. The van der Waals surface area contributed by atoms with E-state index in [0.29, 0.717) is 35.7 Å². The molecule has 1 aliphatic heterocycles. The third-order valence-electron chi connectivity index (χ3n) is 4.91. The number of para-hydroxylation sites is 1. The second-order valence-electron chi connectivity index (χ2n) is 7.74. The normalized spacial score (nSPS) is 14.3. The van der Waals surface area contributed by atoms with Crippen LogP contribution >= 0.6 is 12.2 Å². The highest BCUT2D eigenvalue weighted by Gasteiger charge is 2.22. The van der Waals surface area contributed by atoms with Gasteiger partial charge in [-0.15, -0.1) is 0 Å². The SMILES string of the molecule is CC(C)Oc1ccc(C(=O)NC(=S)Nc2ccccc2C(=O)N2CCN(C)CC2)cc1. The van der Waals surface area contributed by atoms with Gasteiger partial charge in [-0.1, -0.05) is 12.1 Å². The number of nitrogens with zero attached hydrogens (tertiary/aromatic N) is 2. The first-order valence-corrected chi connectivity index (χ1v) is 10.7. The van der Waals surface area contributed by atoms with Crippen molar-refractivity contribution < 1.29 is 14.3 Å². The number of nitrogens with one attached hydrogen (secondary N) is 2. The molecule has 0 saturated carbocycles. The van der Waals surface area contributed by atoms with Crippen molar-refractivity contribution in [2.24, 2.45) is 0 Å². The van der Waals surface area contributed by atoms with Crippen LogP contribution in [0.15, 0.2) is 48.5 Å². The minimum absolute atomic E-state index is 0.0499.